The van der Waals surface area contributed by atoms with Crippen molar-refractivity contribution in [3.05, 3.63) is 23.8 Å². The molecule has 100 valence electrons. The summed E-state index contributed by atoms with van der Waals surface area (Å²) in [7, 11) is 0. The fourth-order valence-corrected chi connectivity index (χ4v) is 3.27. The zero-order valence-electron chi connectivity index (χ0n) is 11.1. The van der Waals surface area contributed by atoms with E-state index in [9.17, 15) is 9.59 Å². The van der Waals surface area contributed by atoms with Gasteiger partial charge in [-0.1, -0.05) is 18.9 Å². The highest BCUT2D eigenvalue weighted by Crippen LogP contribution is 2.41. The number of carbonyl (C=O) groups is 2. The lowest BCUT2D eigenvalue weighted by Crippen LogP contribution is -2.31. The predicted molar refractivity (Wildman–Crippen MR) is 73.5 cm³/mol. The second-order valence-corrected chi connectivity index (χ2v) is 5.56. The first-order chi connectivity index (χ1) is 9.09. The van der Waals surface area contributed by atoms with Gasteiger partial charge in [0, 0.05) is 5.69 Å². The van der Waals surface area contributed by atoms with E-state index in [2.05, 4.69) is 0 Å². The second kappa shape index (κ2) is 4.37. The minimum absolute atomic E-state index is 0.0385. The van der Waals surface area contributed by atoms with E-state index >= 15 is 0 Å². The third-order valence-corrected chi connectivity index (χ3v) is 4.32. The Bertz CT molecular complexity index is 529. The number of aryl methyl sites for hydroxylation is 1. The molecule has 1 saturated heterocycles. The molecule has 1 aromatic carbocycles. The number of anilines is 2. The molecule has 2 amide bonds. The zero-order chi connectivity index (χ0) is 13.6. The maximum Gasteiger partial charge on any atom is 0.237 e. The number of carbonyl (C=O) groups excluding carboxylic acids is 2. The fourth-order valence-electron chi connectivity index (χ4n) is 3.27. The maximum absolute atomic E-state index is 12.5. The molecular formula is C15H18N2O2. The van der Waals surface area contributed by atoms with Gasteiger partial charge in [-0.05, 0) is 37.5 Å². The summed E-state index contributed by atoms with van der Waals surface area (Å²) in [5.74, 6) is -0.295. The van der Waals surface area contributed by atoms with Gasteiger partial charge < -0.3 is 5.73 Å². The van der Waals surface area contributed by atoms with E-state index in [4.69, 9.17) is 5.73 Å². The Morgan fingerprint density at radius 3 is 2.26 bits per heavy atom. The summed E-state index contributed by atoms with van der Waals surface area (Å²) in [4.78, 5) is 26.3. The van der Waals surface area contributed by atoms with Crippen LogP contribution in [0.4, 0.5) is 11.4 Å². The molecule has 1 aliphatic carbocycles. The van der Waals surface area contributed by atoms with Crippen LogP contribution in [0.1, 0.15) is 31.2 Å². The molecule has 1 aliphatic heterocycles. The van der Waals surface area contributed by atoms with Crippen LogP contribution in [-0.4, -0.2) is 11.8 Å². The smallest absolute Gasteiger partial charge is 0.237 e. The Labute approximate surface area is 112 Å². The molecule has 2 fully saturated rings. The summed E-state index contributed by atoms with van der Waals surface area (Å²) < 4.78 is 0. The summed E-state index contributed by atoms with van der Waals surface area (Å²) in [5.41, 5.74) is 7.93. The van der Waals surface area contributed by atoms with Crippen LogP contribution in [0.15, 0.2) is 18.2 Å². The molecule has 3 rings (SSSR count). The molecule has 1 heterocycles. The average molecular weight is 258 g/mol. The van der Waals surface area contributed by atoms with Crippen molar-refractivity contribution in [3.63, 3.8) is 0 Å². The number of amides is 2. The molecule has 1 saturated carbocycles. The molecular weight excluding hydrogens is 240 g/mol. The first kappa shape index (κ1) is 12.2. The van der Waals surface area contributed by atoms with Gasteiger partial charge in [-0.15, -0.1) is 0 Å². The highest BCUT2D eigenvalue weighted by atomic mass is 16.2. The van der Waals surface area contributed by atoms with E-state index < -0.39 is 0 Å². The van der Waals surface area contributed by atoms with Crippen molar-refractivity contribution >= 4 is 23.2 Å². The van der Waals surface area contributed by atoms with E-state index in [1.165, 1.54) is 4.90 Å². The Kier molecular flexibility index (Phi) is 2.81. The van der Waals surface area contributed by atoms with Crippen molar-refractivity contribution in [1.82, 2.24) is 0 Å². The van der Waals surface area contributed by atoms with E-state index in [1.54, 1.807) is 12.1 Å². The fraction of sp³-hybridized carbons (Fsp3) is 0.467. The van der Waals surface area contributed by atoms with E-state index in [0.29, 0.717) is 11.4 Å². The molecule has 0 aromatic heterocycles. The lowest BCUT2D eigenvalue weighted by molar-refractivity contribution is -0.122. The molecule has 2 N–H and O–H groups in total. The lowest BCUT2D eigenvalue weighted by atomic mass is 9.81. The molecule has 2 aliphatic rings. The minimum atomic E-state index is -0.109. The van der Waals surface area contributed by atoms with Gasteiger partial charge in [0.1, 0.15) is 0 Å². The average Bonchev–Trinajstić information content (AvgIpc) is 2.66. The SMILES string of the molecule is Cc1ccc(N)cc1N1C(=O)C2CCCCC2C1=O. The van der Waals surface area contributed by atoms with Crippen LogP contribution in [0.2, 0.25) is 0 Å². The van der Waals surface area contributed by atoms with Gasteiger partial charge in [0.15, 0.2) is 0 Å². The topological polar surface area (TPSA) is 63.4 Å². The highest BCUT2D eigenvalue weighted by Gasteiger charge is 2.48. The lowest BCUT2D eigenvalue weighted by Gasteiger charge is -2.19. The highest BCUT2D eigenvalue weighted by molar-refractivity contribution is 6.22. The van der Waals surface area contributed by atoms with E-state index in [1.807, 2.05) is 13.0 Å². The molecule has 4 nitrogen and oxygen atoms in total. The largest absolute Gasteiger partial charge is 0.399 e. The Morgan fingerprint density at radius 2 is 1.68 bits per heavy atom. The number of imide groups is 1. The monoisotopic (exact) mass is 258 g/mol. The van der Waals surface area contributed by atoms with E-state index in [-0.39, 0.29) is 23.7 Å². The molecule has 0 bridgehead atoms. The molecule has 2 unspecified atom stereocenters. The van der Waals surface area contributed by atoms with Crippen molar-refractivity contribution in [3.8, 4) is 0 Å². The summed E-state index contributed by atoms with van der Waals surface area (Å²) in [6, 6.07) is 5.37. The van der Waals surface area contributed by atoms with Crippen molar-refractivity contribution in [2.75, 3.05) is 10.6 Å². The van der Waals surface area contributed by atoms with Gasteiger partial charge in [0.05, 0.1) is 17.5 Å². The first-order valence-corrected chi connectivity index (χ1v) is 6.83. The van der Waals surface area contributed by atoms with E-state index in [0.717, 1.165) is 31.2 Å². The number of hydrogen-bond acceptors (Lipinski definition) is 3. The van der Waals surface area contributed by atoms with Crippen molar-refractivity contribution in [2.24, 2.45) is 11.8 Å². The van der Waals surface area contributed by atoms with Gasteiger partial charge in [-0.2, -0.15) is 0 Å². The molecule has 4 heteroatoms. The van der Waals surface area contributed by atoms with Crippen molar-refractivity contribution in [1.29, 1.82) is 0 Å². The Hall–Kier alpha value is -1.84. The van der Waals surface area contributed by atoms with Crippen molar-refractivity contribution in [2.45, 2.75) is 32.6 Å². The molecule has 0 spiro atoms. The van der Waals surface area contributed by atoms with Crippen LogP contribution in [0.5, 0.6) is 0 Å². The molecule has 0 radical (unpaired) electrons. The number of rotatable bonds is 1. The number of nitrogens with zero attached hydrogens (tertiary/aromatic N) is 1. The maximum atomic E-state index is 12.5. The Balaban J connectivity index is 2.03. The second-order valence-electron chi connectivity index (χ2n) is 5.56. The third-order valence-electron chi connectivity index (χ3n) is 4.32. The van der Waals surface area contributed by atoms with Crippen LogP contribution in [0.25, 0.3) is 0 Å². The quantitative estimate of drug-likeness (QED) is 0.620. The standard InChI is InChI=1S/C15H18N2O2/c1-9-6-7-10(16)8-13(9)17-14(18)11-4-2-3-5-12(11)15(17)19/h6-8,11-12H,2-5,16H2,1H3. The summed E-state index contributed by atoms with van der Waals surface area (Å²) in [6.07, 6.45) is 3.77. The van der Waals surface area contributed by atoms with Gasteiger partial charge >= 0.3 is 0 Å². The first-order valence-electron chi connectivity index (χ1n) is 6.83. The summed E-state index contributed by atoms with van der Waals surface area (Å²) in [5, 5.41) is 0. The normalized spacial score (nSPS) is 26.7. The van der Waals surface area contributed by atoms with Gasteiger partial charge in [-0.3, -0.25) is 9.59 Å². The number of nitrogens with two attached hydrogens (primary N) is 1. The molecule has 19 heavy (non-hydrogen) atoms. The number of fused-ring (bicyclic) bond motifs is 1. The predicted octanol–water partition coefficient (Wildman–Crippen LogP) is 2.26. The van der Waals surface area contributed by atoms with Gasteiger partial charge in [0.2, 0.25) is 11.8 Å². The number of nitrogen functional groups attached to an aromatic ring is 1. The van der Waals surface area contributed by atoms with Crippen LogP contribution in [0.3, 0.4) is 0 Å². The van der Waals surface area contributed by atoms with Gasteiger partial charge in [-0.25, -0.2) is 4.90 Å². The van der Waals surface area contributed by atoms with Crippen LogP contribution in [0, 0.1) is 18.8 Å². The summed E-state index contributed by atoms with van der Waals surface area (Å²) in [6.45, 7) is 1.90. The van der Waals surface area contributed by atoms with Crippen LogP contribution >= 0.6 is 0 Å². The minimum Gasteiger partial charge on any atom is -0.399 e. The number of hydrogen-bond donors (Lipinski definition) is 1. The third kappa shape index (κ3) is 1.82. The molecule has 2 atom stereocenters. The van der Waals surface area contributed by atoms with Crippen LogP contribution < -0.4 is 10.6 Å². The summed E-state index contributed by atoms with van der Waals surface area (Å²) >= 11 is 0. The Morgan fingerprint density at radius 1 is 1.11 bits per heavy atom. The zero-order valence-corrected chi connectivity index (χ0v) is 11.1. The van der Waals surface area contributed by atoms with Gasteiger partial charge in [0.25, 0.3) is 0 Å². The molecule has 1 aromatic rings. The number of benzene rings is 1. The van der Waals surface area contributed by atoms with Crippen molar-refractivity contribution < 1.29 is 9.59 Å². The van der Waals surface area contributed by atoms with Crippen LogP contribution in [-0.2, 0) is 9.59 Å².